The van der Waals surface area contributed by atoms with Crippen LogP contribution in [0.3, 0.4) is 0 Å². The van der Waals surface area contributed by atoms with Crippen LogP contribution in [-0.4, -0.2) is 49.4 Å². The average molecular weight is 290 g/mol. The summed E-state index contributed by atoms with van der Waals surface area (Å²) in [5.41, 5.74) is 0. The fourth-order valence-corrected chi connectivity index (χ4v) is 2.19. The fraction of sp³-hybridized carbons (Fsp3) is 0.846. The Kier molecular flexibility index (Phi) is 7.16. The van der Waals surface area contributed by atoms with Crippen LogP contribution in [0, 0.1) is 5.92 Å². The van der Waals surface area contributed by atoms with Crippen LogP contribution in [0.4, 0.5) is 0 Å². The van der Waals surface area contributed by atoms with E-state index < -0.39 is 0 Å². The summed E-state index contributed by atoms with van der Waals surface area (Å²) in [6.07, 6.45) is 4.40. The minimum atomic E-state index is 0. The van der Waals surface area contributed by atoms with Crippen LogP contribution in [0.25, 0.3) is 0 Å². The van der Waals surface area contributed by atoms with Gasteiger partial charge >= 0.3 is 0 Å². The van der Waals surface area contributed by atoms with Crippen molar-refractivity contribution in [2.45, 2.75) is 32.1 Å². The molecule has 0 unspecified atom stereocenters. The third kappa shape index (κ3) is 5.78. The zero-order chi connectivity index (χ0) is 12.8. The maximum atomic E-state index is 11.9. The maximum absolute atomic E-state index is 11.9. The molecule has 2 fully saturated rings. The molecular weight excluding hydrogens is 266 g/mol. The first kappa shape index (κ1) is 16.2. The Morgan fingerprint density at radius 1 is 1.21 bits per heavy atom. The molecule has 0 radical (unpaired) electrons. The highest BCUT2D eigenvalue weighted by atomic mass is 35.5. The molecule has 5 nitrogen and oxygen atoms in total. The standard InChI is InChI=1S/C13H23N3O2.ClH/c17-12(16-9-2-6-14-8-10-16)3-1-7-15-13(18)11-4-5-11;/h11,14H,1-10H2,(H,15,18);1H. The van der Waals surface area contributed by atoms with Crippen molar-refractivity contribution in [3.63, 3.8) is 0 Å². The molecule has 6 heteroatoms. The van der Waals surface area contributed by atoms with Gasteiger partial charge in [-0.3, -0.25) is 9.59 Å². The molecule has 0 aromatic rings. The van der Waals surface area contributed by atoms with Crippen LogP contribution in [0.5, 0.6) is 0 Å². The van der Waals surface area contributed by atoms with Gasteiger partial charge in [0.1, 0.15) is 0 Å². The summed E-state index contributed by atoms with van der Waals surface area (Å²) >= 11 is 0. The highest BCUT2D eigenvalue weighted by Gasteiger charge is 2.29. The largest absolute Gasteiger partial charge is 0.356 e. The van der Waals surface area contributed by atoms with Gasteiger partial charge in [-0.15, -0.1) is 12.4 Å². The summed E-state index contributed by atoms with van der Waals surface area (Å²) in [5.74, 6) is 0.651. The Hall–Kier alpha value is -0.810. The van der Waals surface area contributed by atoms with Gasteiger partial charge in [0.15, 0.2) is 0 Å². The molecule has 1 heterocycles. The molecule has 0 aromatic carbocycles. The van der Waals surface area contributed by atoms with Crippen LogP contribution in [-0.2, 0) is 9.59 Å². The van der Waals surface area contributed by atoms with Gasteiger partial charge in [0, 0.05) is 38.5 Å². The monoisotopic (exact) mass is 289 g/mol. The van der Waals surface area contributed by atoms with Gasteiger partial charge in [-0.05, 0) is 32.2 Å². The topological polar surface area (TPSA) is 61.4 Å². The van der Waals surface area contributed by atoms with E-state index in [1.807, 2.05) is 4.90 Å². The van der Waals surface area contributed by atoms with E-state index in [1.54, 1.807) is 0 Å². The van der Waals surface area contributed by atoms with Gasteiger partial charge in [0.2, 0.25) is 11.8 Å². The number of carbonyl (C=O) groups excluding carboxylic acids is 2. The van der Waals surface area contributed by atoms with Crippen molar-refractivity contribution in [1.29, 1.82) is 0 Å². The predicted molar refractivity (Wildman–Crippen MR) is 76.3 cm³/mol. The molecule has 1 saturated heterocycles. The van der Waals surface area contributed by atoms with Crippen LogP contribution in [0.15, 0.2) is 0 Å². The van der Waals surface area contributed by atoms with E-state index >= 15 is 0 Å². The zero-order valence-electron chi connectivity index (χ0n) is 11.3. The number of amides is 2. The summed E-state index contributed by atoms with van der Waals surface area (Å²) in [6.45, 7) is 4.20. The molecule has 0 atom stereocenters. The summed E-state index contributed by atoms with van der Waals surface area (Å²) in [6, 6.07) is 0. The molecule has 0 aromatic heterocycles. The minimum Gasteiger partial charge on any atom is -0.356 e. The van der Waals surface area contributed by atoms with Crippen LogP contribution >= 0.6 is 12.4 Å². The molecule has 19 heavy (non-hydrogen) atoms. The summed E-state index contributed by atoms with van der Waals surface area (Å²) in [7, 11) is 0. The van der Waals surface area contributed by atoms with E-state index in [2.05, 4.69) is 10.6 Å². The molecule has 0 bridgehead atoms. The fourth-order valence-electron chi connectivity index (χ4n) is 2.19. The van der Waals surface area contributed by atoms with E-state index in [-0.39, 0.29) is 30.1 Å². The number of nitrogens with zero attached hydrogens (tertiary/aromatic N) is 1. The molecule has 2 rings (SSSR count). The maximum Gasteiger partial charge on any atom is 0.223 e. The van der Waals surface area contributed by atoms with Gasteiger partial charge in [0.05, 0.1) is 0 Å². The molecule has 1 aliphatic carbocycles. The second kappa shape index (κ2) is 8.38. The van der Waals surface area contributed by atoms with Crippen molar-refractivity contribution >= 4 is 24.2 Å². The molecule has 2 N–H and O–H groups in total. The van der Waals surface area contributed by atoms with Crippen molar-refractivity contribution in [3.05, 3.63) is 0 Å². The zero-order valence-corrected chi connectivity index (χ0v) is 12.1. The van der Waals surface area contributed by atoms with E-state index in [0.717, 1.165) is 51.9 Å². The van der Waals surface area contributed by atoms with E-state index in [1.165, 1.54) is 0 Å². The van der Waals surface area contributed by atoms with Gasteiger partial charge < -0.3 is 15.5 Å². The molecule has 0 spiro atoms. The van der Waals surface area contributed by atoms with Crippen molar-refractivity contribution in [2.24, 2.45) is 5.92 Å². The van der Waals surface area contributed by atoms with Crippen molar-refractivity contribution in [1.82, 2.24) is 15.5 Å². The molecule has 2 aliphatic rings. The smallest absolute Gasteiger partial charge is 0.223 e. The van der Waals surface area contributed by atoms with Crippen LogP contribution in [0.1, 0.15) is 32.1 Å². The second-order valence-electron chi connectivity index (χ2n) is 5.15. The minimum absolute atomic E-state index is 0. The van der Waals surface area contributed by atoms with E-state index in [4.69, 9.17) is 0 Å². The molecule has 2 amide bonds. The van der Waals surface area contributed by atoms with Gasteiger partial charge in [-0.1, -0.05) is 0 Å². The highest BCUT2D eigenvalue weighted by Crippen LogP contribution is 2.28. The third-order valence-corrected chi connectivity index (χ3v) is 3.51. The van der Waals surface area contributed by atoms with Crippen LogP contribution < -0.4 is 10.6 Å². The summed E-state index contributed by atoms with van der Waals surface area (Å²) in [5, 5.41) is 6.18. The Bertz CT molecular complexity index is 300. The van der Waals surface area contributed by atoms with Gasteiger partial charge in [0.25, 0.3) is 0 Å². The van der Waals surface area contributed by atoms with E-state index in [9.17, 15) is 9.59 Å². The molecular formula is C13H24ClN3O2. The van der Waals surface area contributed by atoms with Crippen molar-refractivity contribution in [3.8, 4) is 0 Å². The normalized spacial score (nSPS) is 19.3. The number of carbonyl (C=O) groups is 2. The van der Waals surface area contributed by atoms with Gasteiger partial charge in [-0.2, -0.15) is 0 Å². The first-order valence-corrected chi connectivity index (χ1v) is 7.03. The van der Waals surface area contributed by atoms with E-state index in [0.29, 0.717) is 13.0 Å². The Labute approximate surface area is 120 Å². The van der Waals surface area contributed by atoms with Gasteiger partial charge in [-0.25, -0.2) is 0 Å². The third-order valence-electron chi connectivity index (χ3n) is 3.51. The quantitative estimate of drug-likeness (QED) is 0.726. The SMILES string of the molecule is Cl.O=C(NCCCC(=O)N1CCCNCC1)C1CC1. The first-order valence-electron chi connectivity index (χ1n) is 7.03. The summed E-state index contributed by atoms with van der Waals surface area (Å²) in [4.78, 5) is 25.2. The first-order chi connectivity index (χ1) is 8.77. The second-order valence-corrected chi connectivity index (χ2v) is 5.15. The highest BCUT2D eigenvalue weighted by molar-refractivity contribution is 5.85. The Balaban J connectivity index is 0.00000180. The number of nitrogens with one attached hydrogen (secondary N) is 2. The Morgan fingerprint density at radius 3 is 2.74 bits per heavy atom. The van der Waals surface area contributed by atoms with Crippen molar-refractivity contribution in [2.75, 3.05) is 32.7 Å². The number of rotatable bonds is 5. The van der Waals surface area contributed by atoms with Crippen molar-refractivity contribution < 1.29 is 9.59 Å². The lowest BCUT2D eigenvalue weighted by atomic mass is 10.2. The predicted octanol–water partition coefficient (Wildman–Crippen LogP) is 0.536. The van der Waals surface area contributed by atoms with Crippen LogP contribution in [0.2, 0.25) is 0 Å². The Morgan fingerprint density at radius 2 is 2.00 bits per heavy atom. The lowest BCUT2D eigenvalue weighted by molar-refractivity contribution is -0.131. The molecule has 110 valence electrons. The summed E-state index contributed by atoms with van der Waals surface area (Å²) < 4.78 is 0. The molecule has 1 saturated carbocycles. The lowest BCUT2D eigenvalue weighted by Gasteiger charge is -2.19. The number of hydrogen-bond acceptors (Lipinski definition) is 3. The lowest BCUT2D eigenvalue weighted by Crippen LogP contribution is -2.34. The number of hydrogen-bond donors (Lipinski definition) is 2. The molecule has 1 aliphatic heterocycles. The number of halogens is 1. The average Bonchev–Trinajstić information content (AvgIpc) is 3.19.